The van der Waals surface area contributed by atoms with E-state index in [4.69, 9.17) is 0 Å². The van der Waals surface area contributed by atoms with Crippen LogP contribution in [0, 0.1) is 0 Å². The van der Waals surface area contributed by atoms with Gasteiger partial charge in [-0.2, -0.15) is 5.53 Å². The summed E-state index contributed by atoms with van der Waals surface area (Å²) in [6, 6.07) is 0. The lowest BCUT2D eigenvalue weighted by Crippen LogP contribution is -2.29. The Morgan fingerprint density at radius 1 is 1.67 bits per heavy atom. The van der Waals surface area contributed by atoms with Gasteiger partial charge in [-0.25, -0.2) is 5.01 Å². The van der Waals surface area contributed by atoms with Crippen molar-refractivity contribution in [3.8, 4) is 0 Å². The highest BCUT2D eigenvalue weighted by molar-refractivity contribution is 5.16. The molecule has 1 N–H and O–H groups in total. The lowest BCUT2D eigenvalue weighted by Gasteiger charge is -2.15. The highest BCUT2D eigenvalue weighted by Gasteiger charge is 2.12. The van der Waals surface area contributed by atoms with Crippen molar-refractivity contribution in [2.45, 2.75) is 0 Å². The van der Waals surface area contributed by atoms with Crippen LogP contribution in [0.25, 0.3) is 0 Å². The summed E-state index contributed by atoms with van der Waals surface area (Å²) in [7, 11) is 0. The van der Waals surface area contributed by atoms with Gasteiger partial charge in [0.15, 0.2) is 5.82 Å². The van der Waals surface area contributed by atoms with Crippen molar-refractivity contribution >= 4 is 0 Å². The summed E-state index contributed by atoms with van der Waals surface area (Å²) in [4.78, 5) is 0. The van der Waals surface area contributed by atoms with E-state index in [0.717, 1.165) is 12.4 Å². The van der Waals surface area contributed by atoms with E-state index in [1.165, 1.54) is 0 Å². The highest BCUT2D eigenvalue weighted by Crippen LogP contribution is 2.12. The summed E-state index contributed by atoms with van der Waals surface area (Å²) >= 11 is 0. The maximum Gasteiger partial charge on any atom is 0.173 e. The Hall–Kier alpha value is -1.32. The number of rotatable bonds is 0. The Balaban J connectivity index is 2.31. The van der Waals surface area contributed by atoms with Gasteiger partial charge in [0.2, 0.25) is 0 Å². The van der Waals surface area contributed by atoms with E-state index in [9.17, 15) is 0 Å². The second-order valence-corrected chi connectivity index (χ2v) is 1.86. The summed E-state index contributed by atoms with van der Waals surface area (Å²) < 4.78 is 0. The zero-order valence-electron chi connectivity index (χ0n) is 4.78. The van der Waals surface area contributed by atoms with E-state index in [1.807, 2.05) is 23.2 Å². The molecule has 0 saturated heterocycles. The summed E-state index contributed by atoms with van der Waals surface area (Å²) in [5.74, 6) is 0.887. The van der Waals surface area contributed by atoms with Crippen molar-refractivity contribution in [1.82, 2.24) is 10.5 Å². The fraction of sp³-hybridized carbons (Fsp3) is 0.200. The van der Waals surface area contributed by atoms with Crippen molar-refractivity contribution < 1.29 is 0 Å². The van der Waals surface area contributed by atoms with E-state index in [2.05, 4.69) is 15.9 Å². The fourth-order valence-electron chi connectivity index (χ4n) is 0.811. The first-order valence-corrected chi connectivity index (χ1v) is 2.77. The molecule has 0 saturated carbocycles. The minimum Gasteiger partial charge on any atom is -0.248 e. The zero-order valence-corrected chi connectivity index (χ0v) is 4.78. The van der Waals surface area contributed by atoms with Crippen LogP contribution in [0.5, 0.6) is 0 Å². The molecule has 0 radical (unpaired) electrons. The van der Waals surface area contributed by atoms with Crippen molar-refractivity contribution in [3.63, 3.8) is 0 Å². The van der Waals surface area contributed by atoms with Gasteiger partial charge < -0.3 is 0 Å². The van der Waals surface area contributed by atoms with Crippen LogP contribution in [-0.2, 0) is 0 Å². The Morgan fingerprint density at radius 3 is 3.56 bits per heavy atom. The molecule has 4 nitrogen and oxygen atoms in total. The van der Waals surface area contributed by atoms with E-state index >= 15 is 0 Å². The number of allylic oxidation sites excluding steroid dienone is 2. The maximum absolute atomic E-state index is 3.81. The summed E-state index contributed by atoms with van der Waals surface area (Å²) in [6.07, 6.45) is 5.91. The molecule has 2 aliphatic rings. The number of hydrogen-bond donors (Lipinski definition) is 1. The van der Waals surface area contributed by atoms with Gasteiger partial charge in [0.1, 0.15) is 0 Å². The molecule has 4 heteroatoms. The van der Waals surface area contributed by atoms with Crippen LogP contribution in [0.15, 0.2) is 34.4 Å². The quantitative estimate of drug-likeness (QED) is 0.510. The summed E-state index contributed by atoms with van der Waals surface area (Å²) in [5, 5.41) is 9.29. The molecular formula is C5H6N4. The molecule has 0 aromatic carbocycles. The Morgan fingerprint density at radius 2 is 2.67 bits per heavy atom. The number of fused-ring (bicyclic) bond motifs is 1. The lowest BCUT2D eigenvalue weighted by atomic mass is 10.4. The molecule has 2 heterocycles. The normalized spacial score (nSPS) is 21.3. The van der Waals surface area contributed by atoms with Crippen molar-refractivity contribution in [1.29, 1.82) is 0 Å². The number of nitrogens with one attached hydrogen (secondary N) is 1. The van der Waals surface area contributed by atoms with Gasteiger partial charge in [-0.05, 0) is 6.08 Å². The number of hydrogen-bond acceptors (Lipinski definition) is 4. The smallest absolute Gasteiger partial charge is 0.173 e. The molecule has 2 aliphatic heterocycles. The molecule has 0 aromatic rings. The number of hydrazine groups is 1. The predicted molar refractivity (Wildman–Crippen MR) is 31.9 cm³/mol. The topological polar surface area (TPSA) is 40.0 Å². The van der Waals surface area contributed by atoms with Crippen LogP contribution < -0.4 is 5.53 Å². The third-order valence-corrected chi connectivity index (χ3v) is 1.26. The first-order chi connectivity index (χ1) is 4.47. The molecule has 0 spiro atoms. The van der Waals surface area contributed by atoms with Gasteiger partial charge in [0, 0.05) is 0 Å². The molecule has 0 bridgehead atoms. The van der Waals surface area contributed by atoms with Crippen LogP contribution >= 0.6 is 0 Å². The molecule has 0 aliphatic carbocycles. The van der Waals surface area contributed by atoms with Gasteiger partial charge >= 0.3 is 0 Å². The molecule has 0 fully saturated rings. The Bertz CT molecular complexity index is 203. The molecule has 0 amide bonds. The van der Waals surface area contributed by atoms with E-state index in [1.54, 1.807) is 0 Å². The molecule has 2 rings (SSSR count). The van der Waals surface area contributed by atoms with E-state index in [0.29, 0.717) is 0 Å². The van der Waals surface area contributed by atoms with E-state index < -0.39 is 0 Å². The average Bonchev–Trinajstić information content (AvgIpc) is 2.33. The van der Waals surface area contributed by atoms with Gasteiger partial charge in [-0.3, -0.25) is 0 Å². The average molecular weight is 122 g/mol. The summed E-state index contributed by atoms with van der Waals surface area (Å²) in [5.41, 5.74) is 2.73. The second kappa shape index (κ2) is 1.58. The molecule has 46 valence electrons. The lowest BCUT2D eigenvalue weighted by molar-refractivity contribution is 0.308. The largest absolute Gasteiger partial charge is 0.248 e. The minimum atomic E-state index is 0.846. The molecule has 9 heavy (non-hydrogen) atoms. The number of nitrogens with zero attached hydrogens (tertiary/aromatic N) is 3. The standard InChI is InChI=1S/C5H6N4/c1-2-4-9-5(3-1)6-7-8-9/h1-3H,4H2,(H,6,8). The van der Waals surface area contributed by atoms with Crippen molar-refractivity contribution in [2.75, 3.05) is 6.54 Å². The Labute approximate surface area is 52.5 Å². The van der Waals surface area contributed by atoms with Crippen LogP contribution in [0.2, 0.25) is 0 Å². The van der Waals surface area contributed by atoms with Gasteiger partial charge in [-0.1, -0.05) is 17.4 Å². The molecule has 0 unspecified atom stereocenters. The molecular weight excluding hydrogens is 116 g/mol. The van der Waals surface area contributed by atoms with Crippen molar-refractivity contribution in [2.24, 2.45) is 10.3 Å². The maximum atomic E-state index is 3.81. The summed E-state index contributed by atoms with van der Waals surface area (Å²) in [6.45, 7) is 0.846. The van der Waals surface area contributed by atoms with E-state index in [-0.39, 0.29) is 0 Å². The van der Waals surface area contributed by atoms with Crippen molar-refractivity contribution in [3.05, 3.63) is 24.0 Å². The van der Waals surface area contributed by atoms with Gasteiger partial charge in [0.25, 0.3) is 0 Å². The second-order valence-electron chi connectivity index (χ2n) is 1.86. The Kier molecular flexibility index (Phi) is 0.798. The third-order valence-electron chi connectivity index (χ3n) is 1.26. The molecule has 0 aromatic heterocycles. The van der Waals surface area contributed by atoms with Crippen LogP contribution in [0.4, 0.5) is 0 Å². The third kappa shape index (κ3) is 0.595. The fourth-order valence-corrected chi connectivity index (χ4v) is 0.811. The minimum absolute atomic E-state index is 0.846. The SMILES string of the molecule is C1=CCN2NN=NC2=C1. The first-order valence-electron chi connectivity index (χ1n) is 2.77. The zero-order chi connectivity index (χ0) is 6.10. The van der Waals surface area contributed by atoms with Crippen LogP contribution in [-0.4, -0.2) is 11.6 Å². The van der Waals surface area contributed by atoms with Crippen LogP contribution in [0.1, 0.15) is 0 Å². The monoisotopic (exact) mass is 122 g/mol. The van der Waals surface area contributed by atoms with Gasteiger partial charge in [0.05, 0.1) is 6.54 Å². The highest BCUT2D eigenvalue weighted by atomic mass is 15.8. The van der Waals surface area contributed by atoms with Gasteiger partial charge in [-0.15, -0.1) is 5.11 Å². The molecule has 0 atom stereocenters. The predicted octanol–water partition coefficient (Wildman–Crippen LogP) is 0.585. The first kappa shape index (κ1) is 4.55. The van der Waals surface area contributed by atoms with Crippen LogP contribution in [0.3, 0.4) is 0 Å².